The van der Waals surface area contributed by atoms with E-state index < -0.39 is 0 Å². The fourth-order valence-electron chi connectivity index (χ4n) is 3.14. The molecule has 0 bridgehead atoms. The predicted molar refractivity (Wildman–Crippen MR) is 70.8 cm³/mol. The van der Waals surface area contributed by atoms with Crippen LogP contribution in [0.3, 0.4) is 0 Å². The van der Waals surface area contributed by atoms with Crippen LogP contribution in [-0.4, -0.2) is 37.1 Å². The van der Waals surface area contributed by atoms with Crippen LogP contribution in [0.5, 0.6) is 0 Å². The van der Waals surface area contributed by atoms with Crippen molar-refractivity contribution < 1.29 is 13.9 Å². The van der Waals surface area contributed by atoms with Gasteiger partial charge in [-0.25, -0.2) is 0 Å². The third-order valence-electron chi connectivity index (χ3n) is 4.36. The molecule has 0 saturated carbocycles. The molecule has 0 aliphatic carbocycles. The molecule has 1 amide bonds. The lowest BCUT2D eigenvalue weighted by molar-refractivity contribution is -0.137. The van der Waals surface area contributed by atoms with Crippen LogP contribution in [0.2, 0.25) is 0 Å². The number of rotatable bonds is 3. The number of likely N-dealkylation sites (tertiary alicyclic amines) is 1. The molecule has 104 valence electrons. The summed E-state index contributed by atoms with van der Waals surface area (Å²) in [6.07, 6.45) is 3.55. The molecule has 1 unspecified atom stereocenters. The number of carbonyl (C=O) groups excluding carboxylic acids is 1. The highest BCUT2D eigenvalue weighted by Crippen LogP contribution is 2.38. The van der Waals surface area contributed by atoms with Gasteiger partial charge in [0.1, 0.15) is 11.5 Å². The molecule has 1 aromatic rings. The number of carbonyl (C=O) groups is 1. The molecular formula is C15H21NO3. The second-order valence-corrected chi connectivity index (χ2v) is 5.88. The molecule has 4 heteroatoms. The van der Waals surface area contributed by atoms with Crippen LogP contribution >= 0.6 is 0 Å². The summed E-state index contributed by atoms with van der Waals surface area (Å²) < 4.78 is 11.1. The molecule has 2 aliphatic heterocycles. The molecule has 0 aromatic carbocycles. The Balaban J connectivity index is 1.60. The minimum absolute atomic E-state index is 0.229. The largest absolute Gasteiger partial charge is 0.466 e. The molecule has 4 nitrogen and oxygen atoms in total. The minimum Gasteiger partial charge on any atom is -0.466 e. The summed E-state index contributed by atoms with van der Waals surface area (Å²) in [7, 11) is 0. The van der Waals surface area contributed by atoms with Crippen molar-refractivity contribution in [2.45, 2.75) is 32.6 Å². The Kier molecular flexibility index (Phi) is 3.35. The fraction of sp³-hybridized carbons (Fsp3) is 0.667. The average Bonchev–Trinajstić information content (AvgIpc) is 3.01. The quantitative estimate of drug-likeness (QED) is 0.839. The third-order valence-corrected chi connectivity index (χ3v) is 4.36. The summed E-state index contributed by atoms with van der Waals surface area (Å²) in [5, 5.41) is 0. The highest BCUT2D eigenvalue weighted by molar-refractivity contribution is 5.77. The molecular weight excluding hydrogens is 242 g/mol. The Morgan fingerprint density at radius 2 is 2.26 bits per heavy atom. The van der Waals surface area contributed by atoms with Crippen molar-refractivity contribution in [1.82, 2.24) is 4.90 Å². The second-order valence-electron chi connectivity index (χ2n) is 5.88. The van der Waals surface area contributed by atoms with E-state index in [9.17, 15) is 4.79 Å². The smallest absolute Gasteiger partial charge is 0.222 e. The first-order valence-electron chi connectivity index (χ1n) is 7.08. The molecule has 2 aliphatic rings. The first kappa shape index (κ1) is 12.7. The molecule has 0 radical (unpaired) electrons. The van der Waals surface area contributed by atoms with Crippen LogP contribution in [0.15, 0.2) is 16.5 Å². The van der Waals surface area contributed by atoms with Crippen molar-refractivity contribution in [3.8, 4) is 0 Å². The lowest BCUT2D eigenvalue weighted by Gasteiger charge is -2.39. The van der Waals surface area contributed by atoms with Gasteiger partial charge in [-0.05, 0) is 31.9 Å². The van der Waals surface area contributed by atoms with Gasteiger partial charge in [0.25, 0.3) is 0 Å². The zero-order valence-electron chi connectivity index (χ0n) is 11.5. The average molecular weight is 263 g/mol. The molecule has 3 rings (SSSR count). The number of ether oxygens (including phenoxy) is 1. The summed E-state index contributed by atoms with van der Waals surface area (Å²) in [5.74, 6) is 2.18. The van der Waals surface area contributed by atoms with E-state index in [1.54, 1.807) is 0 Å². The Bertz CT molecular complexity index is 460. The normalized spacial score (nSPS) is 27.4. The Hall–Kier alpha value is -1.29. The topological polar surface area (TPSA) is 42.7 Å². The van der Waals surface area contributed by atoms with E-state index in [0.29, 0.717) is 6.42 Å². The van der Waals surface area contributed by atoms with Gasteiger partial charge in [-0.1, -0.05) is 0 Å². The number of amides is 1. The predicted octanol–water partition coefficient (Wildman–Crippen LogP) is 2.16. The maximum absolute atomic E-state index is 12.0. The zero-order chi connectivity index (χ0) is 13.3. The van der Waals surface area contributed by atoms with Crippen molar-refractivity contribution in [2.24, 2.45) is 5.41 Å². The number of hydrogen-bond acceptors (Lipinski definition) is 3. The van der Waals surface area contributed by atoms with Crippen LogP contribution in [-0.2, 0) is 16.0 Å². The van der Waals surface area contributed by atoms with Crippen LogP contribution in [0.25, 0.3) is 0 Å². The second kappa shape index (κ2) is 5.00. The van der Waals surface area contributed by atoms with Crippen LogP contribution in [0.4, 0.5) is 0 Å². The van der Waals surface area contributed by atoms with Gasteiger partial charge in [-0.3, -0.25) is 4.79 Å². The maximum Gasteiger partial charge on any atom is 0.222 e. The highest BCUT2D eigenvalue weighted by atomic mass is 16.5. The molecule has 19 heavy (non-hydrogen) atoms. The van der Waals surface area contributed by atoms with Crippen LogP contribution in [0.1, 0.15) is 30.8 Å². The van der Waals surface area contributed by atoms with Crippen molar-refractivity contribution in [3.05, 3.63) is 23.7 Å². The summed E-state index contributed by atoms with van der Waals surface area (Å²) in [5.41, 5.74) is 0.229. The molecule has 0 N–H and O–H groups in total. The molecule has 1 atom stereocenters. The van der Waals surface area contributed by atoms with E-state index in [1.807, 2.05) is 24.0 Å². The molecule has 2 fully saturated rings. The molecule has 2 saturated heterocycles. The number of nitrogens with zero attached hydrogens (tertiary/aromatic N) is 1. The van der Waals surface area contributed by atoms with Crippen molar-refractivity contribution in [2.75, 3.05) is 26.3 Å². The number of furan rings is 1. The van der Waals surface area contributed by atoms with E-state index in [4.69, 9.17) is 9.15 Å². The number of hydrogen-bond donors (Lipinski definition) is 0. The fourth-order valence-corrected chi connectivity index (χ4v) is 3.14. The van der Waals surface area contributed by atoms with E-state index >= 15 is 0 Å². The van der Waals surface area contributed by atoms with Gasteiger partial charge >= 0.3 is 0 Å². The van der Waals surface area contributed by atoms with Crippen molar-refractivity contribution in [3.63, 3.8) is 0 Å². The van der Waals surface area contributed by atoms with Gasteiger partial charge < -0.3 is 14.1 Å². The SMILES string of the molecule is Cc1ccc(CCN2CC3(CCOC3)CCC2=O)o1. The zero-order valence-corrected chi connectivity index (χ0v) is 11.5. The van der Waals surface area contributed by atoms with Crippen LogP contribution in [0, 0.1) is 12.3 Å². The number of aryl methyl sites for hydroxylation is 1. The standard InChI is InChI=1S/C15H21NO3/c1-12-2-3-13(19-12)5-8-16-10-15(6-4-14(16)17)7-9-18-11-15/h2-3H,4-11H2,1H3. The summed E-state index contributed by atoms with van der Waals surface area (Å²) in [6, 6.07) is 3.97. The minimum atomic E-state index is 0.229. The van der Waals surface area contributed by atoms with Gasteiger partial charge in [0.05, 0.1) is 6.61 Å². The van der Waals surface area contributed by atoms with Crippen molar-refractivity contribution >= 4 is 5.91 Å². The highest BCUT2D eigenvalue weighted by Gasteiger charge is 2.41. The Morgan fingerprint density at radius 3 is 2.95 bits per heavy atom. The Labute approximate surface area is 113 Å². The van der Waals surface area contributed by atoms with Crippen LogP contribution < -0.4 is 0 Å². The lowest BCUT2D eigenvalue weighted by atomic mass is 9.79. The molecule has 3 heterocycles. The first-order valence-corrected chi connectivity index (χ1v) is 7.08. The van der Waals surface area contributed by atoms with E-state index in [2.05, 4.69) is 0 Å². The van der Waals surface area contributed by atoms with Gasteiger partial charge in [0, 0.05) is 38.0 Å². The summed E-state index contributed by atoms with van der Waals surface area (Å²) >= 11 is 0. The Morgan fingerprint density at radius 1 is 1.37 bits per heavy atom. The van der Waals surface area contributed by atoms with Gasteiger partial charge in [-0.2, -0.15) is 0 Å². The van der Waals surface area contributed by atoms with E-state index in [1.165, 1.54) is 0 Å². The summed E-state index contributed by atoms with van der Waals surface area (Å²) in [6.45, 7) is 5.22. The van der Waals surface area contributed by atoms with Gasteiger partial charge in [0.2, 0.25) is 5.91 Å². The first-order chi connectivity index (χ1) is 9.17. The summed E-state index contributed by atoms with van der Waals surface area (Å²) in [4.78, 5) is 14.0. The third kappa shape index (κ3) is 2.68. The van der Waals surface area contributed by atoms with Crippen molar-refractivity contribution in [1.29, 1.82) is 0 Å². The van der Waals surface area contributed by atoms with E-state index in [0.717, 1.165) is 57.1 Å². The van der Waals surface area contributed by atoms with Gasteiger partial charge in [0.15, 0.2) is 0 Å². The molecule has 1 spiro atoms. The van der Waals surface area contributed by atoms with E-state index in [-0.39, 0.29) is 11.3 Å². The van der Waals surface area contributed by atoms with Gasteiger partial charge in [-0.15, -0.1) is 0 Å². The monoisotopic (exact) mass is 263 g/mol. The lowest BCUT2D eigenvalue weighted by Crippen LogP contribution is -2.47. The maximum atomic E-state index is 12.0. The molecule has 1 aromatic heterocycles. The number of piperidine rings is 1.